The maximum Gasteiger partial charge on any atom is 0.290 e. The third-order valence-electron chi connectivity index (χ3n) is 4.44. The lowest BCUT2D eigenvalue weighted by atomic mass is 9.99. The van der Waals surface area contributed by atoms with Gasteiger partial charge in [0.05, 0.1) is 17.0 Å². The molecule has 0 aliphatic carbocycles. The number of hydrogen-bond acceptors (Lipinski definition) is 4. The van der Waals surface area contributed by atoms with Crippen molar-refractivity contribution in [2.45, 2.75) is 10.9 Å². The third-order valence-corrected chi connectivity index (χ3v) is 5.18. The van der Waals surface area contributed by atoms with Gasteiger partial charge in [0.15, 0.2) is 5.43 Å². The Morgan fingerprint density at radius 2 is 1.75 bits per heavy atom. The topological polar surface area (TPSA) is 50.5 Å². The van der Waals surface area contributed by atoms with Gasteiger partial charge < -0.3 is 9.32 Å². The Morgan fingerprint density at radius 3 is 2.46 bits per heavy atom. The lowest BCUT2D eigenvalue weighted by Crippen LogP contribution is -2.25. The Balaban J connectivity index is 1.97. The summed E-state index contributed by atoms with van der Waals surface area (Å²) in [5, 5.41) is 0.505. The van der Waals surface area contributed by atoms with Crippen molar-refractivity contribution in [2.75, 3.05) is 13.3 Å². The first kappa shape index (κ1) is 15.0. The highest BCUT2D eigenvalue weighted by Gasteiger charge is 2.40. The number of nitrogens with zero attached hydrogens (tertiary/aromatic N) is 1. The van der Waals surface area contributed by atoms with Crippen LogP contribution in [0.4, 0.5) is 0 Å². The van der Waals surface area contributed by atoms with Crippen molar-refractivity contribution in [1.29, 1.82) is 0 Å². The molecule has 0 radical (unpaired) electrons. The van der Waals surface area contributed by atoms with Crippen molar-refractivity contribution < 1.29 is 9.21 Å². The van der Waals surface area contributed by atoms with Crippen molar-refractivity contribution in [3.63, 3.8) is 0 Å². The van der Waals surface area contributed by atoms with Gasteiger partial charge >= 0.3 is 0 Å². The van der Waals surface area contributed by atoms with Gasteiger partial charge in [0.25, 0.3) is 5.91 Å². The Hall–Kier alpha value is -2.53. The van der Waals surface area contributed by atoms with Crippen LogP contribution in [0.15, 0.2) is 62.6 Å². The van der Waals surface area contributed by atoms with Gasteiger partial charge in [-0.25, -0.2) is 0 Å². The molecule has 2 aromatic carbocycles. The van der Waals surface area contributed by atoms with E-state index in [1.54, 1.807) is 48.0 Å². The van der Waals surface area contributed by atoms with E-state index >= 15 is 0 Å². The molecule has 4 rings (SSSR count). The summed E-state index contributed by atoms with van der Waals surface area (Å²) < 4.78 is 5.77. The molecule has 1 amide bonds. The van der Waals surface area contributed by atoms with E-state index in [0.717, 1.165) is 10.5 Å². The van der Waals surface area contributed by atoms with Gasteiger partial charge in [0.1, 0.15) is 5.58 Å². The van der Waals surface area contributed by atoms with Gasteiger partial charge in [-0.1, -0.05) is 24.3 Å². The van der Waals surface area contributed by atoms with Crippen LogP contribution in [0.25, 0.3) is 11.0 Å². The predicted octanol–water partition coefficient (Wildman–Crippen LogP) is 3.69. The summed E-state index contributed by atoms with van der Waals surface area (Å²) in [5.41, 5.74) is 1.65. The van der Waals surface area contributed by atoms with Crippen LogP contribution in [0.2, 0.25) is 0 Å². The molecule has 1 atom stereocenters. The zero-order valence-electron chi connectivity index (χ0n) is 13.3. The first-order valence-electron chi connectivity index (χ1n) is 7.58. The summed E-state index contributed by atoms with van der Waals surface area (Å²) in [6.07, 6.45) is 2.01. The number of carbonyl (C=O) groups is 1. The van der Waals surface area contributed by atoms with E-state index in [1.165, 1.54) is 0 Å². The number of thioether (sulfide) groups is 1. The number of fused-ring (bicyclic) bond motifs is 2. The predicted molar refractivity (Wildman–Crippen MR) is 94.6 cm³/mol. The second kappa shape index (κ2) is 5.53. The lowest BCUT2D eigenvalue weighted by Gasteiger charge is -2.20. The largest absolute Gasteiger partial charge is 0.450 e. The molecule has 4 nitrogen and oxygen atoms in total. The van der Waals surface area contributed by atoms with Crippen LogP contribution in [0, 0.1) is 0 Å². The van der Waals surface area contributed by atoms with Crippen LogP contribution in [0.1, 0.15) is 27.7 Å². The highest BCUT2D eigenvalue weighted by molar-refractivity contribution is 7.98. The Labute approximate surface area is 143 Å². The number of carbonyl (C=O) groups excluding carboxylic acids is 1. The maximum absolute atomic E-state index is 13.0. The number of para-hydroxylation sites is 1. The van der Waals surface area contributed by atoms with Crippen LogP contribution in [0.3, 0.4) is 0 Å². The highest BCUT2D eigenvalue weighted by Crippen LogP contribution is 2.37. The van der Waals surface area contributed by atoms with Crippen molar-refractivity contribution in [3.8, 4) is 0 Å². The summed E-state index contributed by atoms with van der Waals surface area (Å²) >= 11 is 1.65. The number of rotatable bonds is 2. The third kappa shape index (κ3) is 2.08. The standard InChI is InChI=1S/C19H15NO3S/c1-20-16(11-7-9-12(24-2)10-8-11)15-17(21)13-5-3-4-6-14(13)23-18(15)19(20)22/h3-10,16H,1-2H3. The fraction of sp³-hybridized carbons (Fsp3) is 0.158. The molecule has 3 aromatic rings. The van der Waals surface area contributed by atoms with E-state index in [0.29, 0.717) is 16.5 Å². The molecule has 0 saturated heterocycles. The van der Waals surface area contributed by atoms with E-state index in [1.807, 2.05) is 30.5 Å². The molecular weight excluding hydrogens is 322 g/mol. The molecular formula is C19H15NO3S. The van der Waals surface area contributed by atoms with Crippen molar-refractivity contribution in [2.24, 2.45) is 0 Å². The maximum atomic E-state index is 13.0. The van der Waals surface area contributed by atoms with Gasteiger partial charge in [0.2, 0.25) is 5.76 Å². The Kier molecular flexibility index (Phi) is 3.46. The lowest BCUT2D eigenvalue weighted by molar-refractivity contribution is 0.0771. The van der Waals surface area contributed by atoms with Crippen LogP contribution in [-0.2, 0) is 0 Å². The fourth-order valence-electron chi connectivity index (χ4n) is 3.21. The molecule has 0 saturated carbocycles. The van der Waals surface area contributed by atoms with E-state index in [4.69, 9.17) is 4.42 Å². The minimum atomic E-state index is -0.413. The van der Waals surface area contributed by atoms with Crippen molar-refractivity contribution in [3.05, 3.63) is 75.6 Å². The smallest absolute Gasteiger partial charge is 0.290 e. The molecule has 0 fully saturated rings. The molecule has 0 N–H and O–H groups in total. The van der Waals surface area contributed by atoms with Gasteiger partial charge in [-0.15, -0.1) is 11.8 Å². The molecule has 120 valence electrons. The zero-order chi connectivity index (χ0) is 16.8. The van der Waals surface area contributed by atoms with Crippen LogP contribution >= 0.6 is 11.8 Å². The summed E-state index contributed by atoms with van der Waals surface area (Å²) in [5.74, 6) is -0.105. The van der Waals surface area contributed by atoms with Crippen molar-refractivity contribution >= 4 is 28.6 Å². The SMILES string of the molecule is CSc1ccc(C2c3c(oc4ccccc4c3=O)C(=O)N2C)cc1. The first-order valence-corrected chi connectivity index (χ1v) is 8.81. The van der Waals surface area contributed by atoms with E-state index in [-0.39, 0.29) is 17.1 Å². The Morgan fingerprint density at radius 1 is 1.04 bits per heavy atom. The number of benzene rings is 2. The summed E-state index contributed by atoms with van der Waals surface area (Å²) in [4.78, 5) is 28.3. The first-order chi connectivity index (χ1) is 11.6. The number of hydrogen-bond donors (Lipinski definition) is 0. The van der Waals surface area contributed by atoms with Gasteiger partial charge in [-0.2, -0.15) is 0 Å². The number of amides is 1. The normalized spacial score (nSPS) is 16.7. The van der Waals surface area contributed by atoms with Crippen molar-refractivity contribution in [1.82, 2.24) is 4.90 Å². The Bertz CT molecular complexity index is 1010. The van der Waals surface area contributed by atoms with Crippen LogP contribution in [0.5, 0.6) is 0 Å². The van der Waals surface area contributed by atoms with Gasteiger partial charge in [-0.3, -0.25) is 9.59 Å². The molecule has 24 heavy (non-hydrogen) atoms. The highest BCUT2D eigenvalue weighted by atomic mass is 32.2. The molecule has 0 bridgehead atoms. The van der Waals surface area contributed by atoms with E-state index < -0.39 is 6.04 Å². The van der Waals surface area contributed by atoms with E-state index in [9.17, 15) is 9.59 Å². The second-order valence-corrected chi connectivity index (χ2v) is 6.64. The molecule has 1 aromatic heterocycles. The fourth-order valence-corrected chi connectivity index (χ4v) is 3.62. The van der Waals surface area contributed by atoms with E-state index in [2.05, 4.69) is 0 Å². The molecule has 1 aliphatic rings. The van der Waals surface area contributed by atoms with Gasteiger partial charge in [0, 0.05) is 11.9 Å². The summed E-state index contributed by atoms with van der Waals surface area (Å²) in [6, 6.07) is 14.5. The second-order valence-electron chi connectivity index (χ2n) is 5.76. The molecule has 1 unspecified atom stereocenters. The average molecular weight is 337 g/mol. The molecule has 0 spiro atoms. The zero-order valence-corrected chi connectivity index (χ0v) is 14.1. The minimum Gasteiger partial charge on any atom is -0.450 e. The molecule has 2 heterocycles. The monoisotopic (exact) mass is 337 g/mol. The van der Waals surface area contributed by atoms with Gasteiger partial charge in [-0.05, 0) is 36.1 Å². The minimum absolute atomic E-state index is 0.136. The molecule has 5 heteroatoms. The summed E-state index contributed by atoms with van der Waals surface area (Å²) in [7, 11) is 1.70. The molecule has 1 aliphatic heterocycles. The average Bonchev–Trinajstić information content (AvgIpc) is 2.87. The van der Waals surface area contributed by atoms with Crippen LogP contribution in [-0.4, -0.2) is 24.1 Å². The van der Waals surface area contributed by atoms with Crippen LogP contribution < -0.4 is 5.43 Å². The quantitative estimate of drug-likeness (QED) is 0.669. The summed E-state index contributed by atoms with van der Waals surface area (Å²) in [6.45, 7) is 0.